The van der Waals surface area contributed by atoms with E-state index in [-0.39, 0.29) is 17.4 Å². The molecule has 3 aromatic rings. The topological polar surface area (TPSA) is 97.8 Å². The van der Waals surface area contributed by atoms with Crippen LogP contribution in [0.3, 0.4) is 0 Å². The lowest BCUT2D eigenvalue weighted by atomic mass is 9.85. The molecule has 0 aliphatic carbocycles. The van der Waals surface area contributed by atoms with Gasteiger partial charge in [0.1, 0.15) is 12.4 Å². The maximum Gasteiger partial charge on any atom is 0.407 e. The summed E-state index contributed by atoms with van der Waals surface area (Å²) >= 11 is 0. The zero-order valence-corrected chi connectivity index (χ0v) is 21.5. The highest BCUT2D eigenvalue weighted by Gasteiger charge is 2.34. The first-order valence-corrected chi connectivity index (χ1v) is 13.7. The van der Waals surface area contributed by atoms with Crippen molar-refractivity contribution in [1.82, 2.24) is 14.6 Å². The largest absolute Gasteiger partial charge is 0.494 e. The van der Waals surface area contributed by atoms with Gasteiger partial charge in [0.2, 0.25) is 10.0 Å². The van der Waals surface area contributed by atoms with E-state index in [1.807, 2.05) is 36.4 Å². The number of alkyl carbamates (subject to hydrolysis) is 1. The van der Waals surface area contributed by atoms with Crippen LogP contribution in [-0.2, 0) is 21.4 Å². The number of nitrogens with zero attached hydrogens (tertiary/aromatic N) is 2. The Hall–Kier alpha value is -3.17. The number of carbonyl (C=O) groups excluding carboxylic acids is 1. The van der Waals surface area contributed by atoms with Crippen molar-refractivity contribution in [3.8, 4) is 5.75 Å². The van der Waals surface area contributed by atoms with Crippen molar-refractivity contribution in [3.05, 3.63) is 66.5 Å². The summed E-state index contributed by atoms with van der Waals surface area (Å²) in [6.07, 6.45) is 5.10. The maximum absolute atomic E-state index is 13.7. The van der Waals surface area contributed by atoms with Crippen LogP contribution in [0.5, 0.6) is 5.75 Å². The molecule has 1 aliphatic heterocycles. The molecule has 1 aromatic heterocycles. The number of benzene rings is 2. The Labute approximate surface area is 212 Å². The summed E-state index contributed by atoms with van der Waals surface area (Å²) < 4.78 is 39.7. The second-order valence-electron chi connectivity index (χ2n) is 9.22. The van der Waals surface area contributed by atoms with Crippen molar-refractivity contribution in [2.24, 2.45) is 11.8 Å². The molecule has 2 atom stereocenters. The minimum Gasteiger partial charge on any atom is -0.494 e. The van der Waals surface area contributed by atoms with Crippen LogP contribution in [0.2, 0.25) is 0 Å². The number of rotatable bonds is 9. The van der Waals surface area contributed by atoms with Gasteiger partial charge in [-0.15, -0.1) is 0 Å². The van der Waals surface area contributed by atoms with Gasteiger partial charge in [0.05, 0.1) is 18.2 Å². The molecule has 2 aromatic carbocycles. The van der Waals surface area contributed by atoms with E-state index in [2.05, 4.69) is 17.2 Å². The van der Waals surface area contributed by atoms with Crippen LogP contribution in [0.25, 0.3) is 10.8 Å². The minimum atomic E-state index is -3.72. The van der Waals surface area contributed by atoms with E-state index in [0.717, 1.165) is 30.2 Å². The molecular weight excluding hydrogens is 478 g/mol. The summed E-state index contributed by atoms with van der Waals surface area (Å²) in [6.45, 7) is 3.81. The third kappa shape index (κ3) is 5.96. The molecule has 0 saturated carbocycles. The minimum absolute atomic E-state index is 0.203. The Kier molecular flexibility index (Phi) is 8.43. The summed E-state index contributed by atoms with van der Waals surface area (Å²) in [5, 5.41) is 4.08. The number of ether oxygens (including phenoxy) is 2. The van der Waals surface area contributed by atoms with Crippen LogP contribution in [-0.4, -0.2) is 50.5 Å². The molecule has 1 N–H and O–H groups in total. The maximum atomic E-state index is 13.7. The predicted octanol–water partition coefficient (Wildman–Crippen LogP) is 4.60. The van der Waals surface area contributed by atoms with E-state index in [4.69, 9.17) is 9.47 Å². The number of nitrogens with one attached hydrogen (secondary N) is 1. The van der Waals surface area contributed by atoms with Gasteiger partial charge in [-0.3, -0.25) is 4.98 Å². The van der Waals surface area contributed by atoms with E-state index in [9.17, 15) is 13.2 Å². The summed E-state index contributed by atoms with van der Waals surface area (Å²) in [5.74, 6) is 1.04. The van der Waals surface area contributed by atoms with E-state index in [0.29, 0.717) is 36.7 Å². The van der Waals surface area contributed by atoms with Crippen molar-refractivity contribution in [2.75, 3.05) is 26.7 Å². The highest BCUT2D eigenvalue weighted by Crippen LogP contribution is 2.35. The van der Waals surface area contributed by atoms with Gasteiger partial charge in [-0.25, -0.2) is 13.2 Å². The fourth-order valence-corrected chi connectivity index (χ4v) is 6.46. The number of piperidine rings is 1. The van der Waals surface area contributed by atoms with Gasteiger partial charge >= 0.3 is 6.09 Å². The summed E-state index contributed by atoms with van der Waals surface area (Å²) in [7, 11) is -2.20. The Morgan fingerprint density at radius 3 is 2.72 bits per heavy atom. The second kappa shape index (κ2) is 11.7. The number of sulfonamides is 1. The van der Waals surface area contributed by atoms with Gasteiger partial charge in [0.25, 0.3) is 0 Å². The first-order valence-electron chi connectivity index (χ1n) is 12.3. The zero-order valence-electron chi connectivity index (χ0n) is 20.7. The number of carbonyl (C=O) groups is 1. The number of aromatic nitrogens is 1. The molecule has 0 radical (unpaired) electrons. The lowest BCUT2D eigenvalue weighted by Gasteiger charge is -2.36. The van der Waals surface area contributed by atoms with Gasteiger partial charge < -0.3 is 14.8 Å². The third-order valence-corrected chi connectivity index (χ3v) is 8.77. The van der Waals surface area contributed by atoms with Gasteiger partial charge in [-0.05, 0) is 42.7 Å². The predicted molar refractivity (Wildman–Crippen MR) is 138 cm³/mol. The van der Waals surface area contributed by atoms with Crippen molar-refractivity contribution < 1.29 is 22.7 Å². The summed E-state index contributed by atoms with van der Waals surface area (Å²) in [6, 6.07) is 14.7. The quantitative estimate of drug-likeness (QED) is 0.422. The first-order chi connectivity index (χ1) is 17.4. The van der Waals surface area contributed by atoms with Crippen LogP contribution in [0.4, 0.5) is 4.79 Å². The molecule has 8 nitrogen and oxygen atoms in total. The van der Waals surface area contributed by atoms with E-state index < -0.39 is 16.1 Å². The van der Waals surface area contributed by atoms with E-state index >= 15 is 0 Å². The molecule has 4 rings (SSSR count). The first kappa shape index (κ1) is 25.9. The Morgan fingerprint density at radius 1 is 1.14 bits per heavy atom. The van der Waals surface area contributed by atoms with E-state index in [1.54, 1.807) is 28.8 Å². The Morgan fingerprint density at radius 2 is 1.94 bits per heavy atom. The Balaban J connectivity index is 1.35. The van der Waals surface area contributed by atoms with Gasteiger partial charge in [0, 0.05) is 36.6 Å². The zero-order chi connectivity index (χ0) is 25.5. The standard InChI is InChI=1S/C27H33N3O5S/c1-20-13-15-30(36(32,33)25-12-6-10-22-16-28-17-24(34-2)26(22)25)18-23(20)11-7-14-29-27(31)35-19-21-8-4-3-5-9-21/h3-6,8-10,12,16-17,20,23H,7,11,13-15,18-19H2,1-2H3,(H,29,31). The number of methoxy groups -OCH3 is 1. The number of hydrogen-bond acceptors (Lipinski definition) is 6. The number of pyridine rings is 1. The van der Waals surface area contributed by atoms with Gasteiger partial charge in [-0.2, -0.15) is 4.31 Å². The van der Waals surface area contributed by atoms with Crippen LogP contribution in [0.1, 0.15) is 31.7 Å². The Bertz CT molecular complexity index is 1280. The van der Waals surface area contributed by atoms with Gasteiger partial charge in [-0.1, -0.05) is 49.4 Å². The van der Waals surface area contributed by atoms with Crippen molar-refractivity contribution in [2.45, 2.75) is 37.7 Å². The summed E-state index contributed by atoms with van der Waals surface area (Å²) in [4.78, 5) is 16.4. The molecule has 1 amide bonds. The SMILES string of the molecule is COc1cncc2cccc(S(=O)(=O)N3CCC(C)C(CCCNC(=O)OCc4ccccc4)C3)c12. The average Bonchev–Trinajstić information content (AvgIpc) is 2.90. The number of amides is 1. The fourth-order valence-electron chi connectivity index (χ4n) is 4.72. The highest BCUT2D eigenvalue weighted by molar-refractivity contribution is 7.89. The number of fused-ring (bicyclic) bond motifs is 1. The molecule has 1 aliphatic rings. The molecule has 9 heteroatoms. The van der Waals surface area contributed by atoms with Crippen molar-refractivity contribution in [1.29, 1.82) is 0 Å². The molecule has 192 valence electrons. The third-order valence-electron chi connectivity index (χ3n) is 6.86. The van der Waals surface area contributed by atoms with Crippen molar-refractivity contribution >= 4 is 26.9 Å². The molecule has 1 fully saturated rings. The number of hydrogen-bond donors (Lipinski definition) is 1. The monoisotopic (exact) mass is 511 g/mol. The molecular formula is C27H33N3O5S. The average molecular weight is 512 g/mol. The normalized spacial score (nSPS) is 18.6. The second-order valence-corrected chi connectivity index (χ2v) is 11.1. The molecule has 0 spiro atoms. The summed E-state index contributed by atoms with van der Waals surface area (Å²) in [5.41, 5.74) is 0.935. The fraction of sp³-hybridized carbons (Fsp3) is 0.407. The lowest BCUT2D eigenvalue weighted by molar-refractivity contribution is 0.138. The molecule has 36 heavy (non-hydrogen) atoms. The van der Waals surface area contributed by atoms with Crippen LogP contribution >= 0.6 is 0 Å². The van der Waals surface area contributed by atoms with Crippen molar-refractivity contribution in [3.63, 3.8) is 0 Å². The molecule has 2 heterocycles. The lowest BCUT2D eigenvalue weighted by Crippen LogP contribution is -2.43. The molecule has 2 unspecified atom stereocenters. The van der Waals surface area contributed by atoms with Crippen LogP contribution in [0.15, 0.2) is 65.8 Å². The molecule has 1 saturated heterocycles. The van der Waals surface area contributed by atoms with Crippen LogP contribution < -0.4 is 10.1 Å². The smallest absolute Gasteiger partial charge is 0.407 e. The van der Waals surface area contributed by atoms with Gasteiger partial charge in [0.15, 0.2) is 0 Å². The van der Waals surface area contributed by atoms with Crippen LogP contribution in [0, 0.1) is 11.8 Å². The highest BCUT2D eigenvalue weighted by atomic mass is 32.2. The van der Waals surface area contributed by atoms with E-state index in [1.165, 1.54) is 7.11 Å². The molecule has 0 bridgehead atoms.